The van der Waals surface area contributed by atoms with Crippen LogP contribution < -0.4 is 10.1 Å². The largest absolute Gasteiger partial charge is 0.478 e. The minimum absolute atomic E-state index is 0.279. The van der Waals surface area contributed by atoms with E-state index in [1.54, 1.807) is 24.3 Å². The van der Waals surface area contributed by atoms with Crippen LogP contribution in [0, 0.1) is 6.92 Å². The Kier molecular flexibility index (Phi) is 5.94. The molecule has 3 aromatic rings. The third kappa shape index (κ3) is 4.86. The van der Waals surface area contributed by atoms with Crippen LogP contribution in [0.2, 0.25) is 0 Å². The van der Waals surface area contributed by atoms with Crippen molar-refractivity contribution in [1.82, 2.24) is 9.97 Å². The van der Waals surface area contributed by atoms with Crippen LogP contribution in [0.1, 0.15) is 29.7 Å². The van der Waals surface area contributed by atoms with Gasteiger partial charge in [-0.1, -0.05) is 42.0 Å². The van der Waals surface area contributed by atoms with Crippen molar-refractivity contribution >= 4 is 15.7 Å². The molecule has 0 spiro atoms. The number of nitrogens with zero attached hydrogens (tertiary/aromatic N) is 2. The van der Waals surface area contributed by atoms with Gasteiger partial charge in [0.15, 0.2) is 9.84 Å². The Morgan fingerprint density at radius 1 is 1.04 bits per heavy atom. The lowest BCUT2D eigenvalue weighted by atomic mass is 9.98. The maximum Gasteiger partial charge on any atom is 0.218 e. The molecular formula is C21H23N3O3S. The summed E-state index contributed by atoms with van der Waals surface area (Å²) in [6, 6.07) is 16.5. The first kappa shape index (κ1) is 19.8. The number of hydrogen-bond donors (Lipinski definition) is 1. The van der Waals surface area contributed by atoms with Crippen LogP contribution in [0.5, 0.6) is 5.88 Å². The summed E-state index contributed by atoms with van der Waals surface area (Å²) in [4.78, 5) is 8.65. The zero-order chi connectivity index (χ0) is 20.1. The molecule has 1 unspecified atom stereocenters. The molecule has 0 fully saturated rings. The lowest BCUT2D eigenvalue weighted by Gasteiger charge is -2.21. The summed E-state index contributed by atoms with van der Waals surface area (Å²) < 4.78 is 29.5. The Balaban J connectivity index is 2.03. The van der Waals surface area contributed by atoms with E-state index in [2.05, 4.69) is 15.3 Å². The summed E-state index contributed by atoms with van der Waals surface area (Å²) in [5, 5.41) is 3.38. The van der Waals surface area contributed by atoms with Gasteiger partial charge in [0.1, 0.15) is 12.1 Å². The van der Waals surface area contributed by atoms with Crippen molar-refractivity contribution in [1.29, 1.82) is 0 Å². The number of hydrogen-bond acceptors (Lipinski definition) is 6. The number of sulfone groups is 1. The number of anilines is 1. The van der Waals surface area contributed by atoms with Crippen molar-refractivity contribution in [3.8, 4) is 5.88 Å². The third-order valence-corrected chi connectivity index (χ3v) is 5.37. The van der Waals surface area contributed by atoms with Crippen molar-refractivity contribution in [3.05, 3.63) is 77.6 Å². The van der Waals surface area contributed by atoms with Gasteiger partial charge in [0, 0.05) is 12.3 Å². The van der Waals surface area contributed by atoms with Gasteiger partial charge >= 0.3 is 0 Å². The fourth-order valence-corrected chi connectivity index (χ4v) is 3.51. The van der Waals surface area contributed by atoms with Gasteiger partial charge in [-0.2, -0.15) is 0 Å². The smallest absolute Gasteiger partial charge is 0.218 e. The monoisotopic (exact) mass is 397 g/mol. The van der Waals surface area contributed by atoms with Gasteiger partial charge in [-0.05, 0) is 37.1 Å². The lowest BCUT2D eigenvalue weighted by Crippen LogP contribution is -2.14. The molecule has 0 amide bonds. The van der Waals surface area contributed by atoms with Crippen LogP contribution in [0.15, 0.2) is 65.8 Å². The molecular weight excluding hydrogens is 374 g/mol. The Bertz CT molecular complexity index is 1050. The second-order valence-electron chi connectivity index (χ2n) is 6.51. The fraction of sp³-hybridized carbons (Fsp3) is 0.238. The van der Waals surface area contributed by atoms with Gasteiger partial charge < -0.3 is 10.1 Å². The Morgan fingerprint density at radius 2 is 1.79 bits per heavy atom. The second kappa shape index (κ2) is 8.39. The summed E-state index contributed by atoms with van der Waals surface area (Å²) >= 11 is 0. The van der Waals surface area contributed by atoms with Gasteiger partial charge in [0.2, 0.25) is 5.88 Å². The summed E-state index contributed by atoms with van der Waals surface area (Å²) in [6.07, 6.45) is 2.64. The van der Waals surface area contributed by atoms with E-state index < -0.39 is 9.84 Å². The van der Waals surface area contributed by atoms with Crippen molar-refractivity contribution in [2.75, 3.05) is 18.2 Å². The predicted molar refractivity (Wildman–Crippen MR) is 109 cm³/mol. The highest BCUT2D eigenvalue weighted by molar-refractivity contribution is 7.90. The van der Waals surface area contributed by atoms with Gasteiger partial charge in [0.25, 0.3) is 0 Å². The van der Waals surface area contributed by atoms with E-state index in [0.717, 1.165) is 16.7 Å². The normalized spacial score (nSPS) is 12.4. The van der Waals surface area contributed by atoms with Gasteiger partial charge in [-0.15, -0.1) is 0 Å². The molecule has 0 aliphatic carbocycles. The van der Waals surface area contributed by atoms with E-state index in [-0.39, 0.29) is 10.9 Å². The molecule has 1 aromatic heterocycles. The highest BCUT2D eigenvalue weighted by Crippen LogP contribution is 2.28. The zero-order valence-corrected chi connectivity index (χ0v) is 16.9. The van der Waals surface area contributed by atoms with Gasteiger partial charge in [0.05, 0.1) is 17.5 Å². The van der Waals surface area contributed by atoms with Crippen molar-refractivity contribution in [2.24, 2.45) is 0 Å². The van der Waals surface area contributed by atoms with E-state index in [4.69, 9.17) is 4.74 Å². The average Bonchev–Trinajstić information content (AvgIpc) is 2.67. The summed E-state index contributed by atoms with van der Waals surface area (Å²) in [7, 11) is -3.31. The Labute approximate surface area is 165 Å². The molecule has 7 heteroatoms. The summed E-state index contributed by atoms with van der Waals surface area (Å²) in [6.45, 7) is 4.42. The number of rotatable bonds is 7. The molecule has 2 aromatic carbocycles. The minimum Gasteiger partial charge on any atom is -0.478 e. The summed E-state index contributed by atoms with van der Waals surface area (Å²) in [5.41, 5.74) is 2.96. The van der Waals surface area contributed by atoms with E-state index in [1.165, 1.54) is 12.6 Å². The third-order valence-electron chi connectivity index (χ3n) is 4.26. The number of aromatic nitrogens is 2. The number of aryl methyl sites for hydroxylation is 1. The molecule has 0 radical (unpaired) electrons. The first-order valence-corrected chi connectivity index (χ1v) is 10.8. The molecule has 1 heterocycles. The molecule has 1 N–H and O–H groups in total. The zero-order valence-electron chi connectivity index (χ0n) is 16.1. The molecule has 28 heavy (non-hydrogen) atoms. The number of ether oxygens (including phenoxy) is 1. The van der Waals surface area contributed by atoms with Crippen LogP contribution >= 0.6 is 0 Å². The fourth-order valence-electron chi connectivity index (χ4n) is 2.84. The first-order chi connectivity index (χ1) is 13.4. The van der Waals surface area contributed by atoms with Crippen LogP contribution in [0.4, 0.5) is 5.82 Å². The molecule has 0 aliphatic heterocycles. The maximum atomic E-state index is 12.0. The minimum atomic E-state index is -3.31. The first-order valence-electron chi connectivity index (χ1n) is 8.95. The maximum absolute atomic E-state index is 12.0. The lowest BCUT2D eigenvalue weighted by molar-refractivity contribution is 0.326. The molecule has 0 bridgehead atoms. The standard InChI is InChI=1S/C21H23N3O3S/c1-4-27-20-13-19(22-14-23-20)24-21(16-10-8-15(2)9-11-16)17-6-5-7-18(12-17)28(3,25)26/h5-14,21H,4H2,1-3H3,(H,22,23,24). The van der Waals surface area contributed by atoms with E-state index in [0.29, 0.717) is 18.3 Å². The van der Waals surface area contributed by atoms with Crippen LogP contribution in [-0.2, 0) is 9.84 Å². The number of nitrogens with one attached hydrogen (secondary N) is 1. The molecule has 0 saturated carbocycles. The molecule has 3 rings (SSSR count). The molecule has 146 valence electrons. The number of benzene rings is 2. The summed E-state index contributed by atoms with van der Waals surface area (Å²) in [5.74, 6) is 1.07. The SMILES string of the molecule is CCOc1cc(NC(c2ccc(C)cc2)c2cccc(S(C)(=O)=O)c2)ncn1. The molecule has 1 atom stereocenters. The van der Waals surface area contributed by atoms with Gasteiger partial charge in [-0.25, -0.2) is 18.4 Å². The highest BCUT2D eigenvalue weighted by Gasteiger charge is 2.18. The van der Waals surface area contributed by atoms with Crippen LogP contribution in [0.25, 0.3) is 0 Å². The van der Waals surface area contributed by atoms with Crippen LogP contribution in [0.3, 0.4) is 0 Å². The van der Waals surface area contributed by atoms with Crippen molar-refractivity contribution in [3.63, 3.8) is 0 Å². The van der Waals surface area contributed by atoms with Crippen molar-refractivity contribution < 1.29 is 13.2 Å². The highest BCUT2D eigenvalue weighted by atomic mass is 32.2. The van der Waals surface area contributed by atoms with E-state index in [1.807, 2.05) is 44.2 Å². The second-order valence-corrected chi connectivity index (χ2v) is 8.52. The Hall–Kier alpha value is -2.93. The van der Waals surface area contributed by atoms with Gasteiger partial charge in [-0.3, -0.25) is 0 Å². The predicted octanol–water partition coefficient (Wildman–Crippen LogP) is 3.79. The average molecular weight is 398 g/mol. The van der Waals surface area contributed by atoms with E-state index >= 15 is 0 Å². The van der Waals surface area contributed by atoms with Crippen molar-refractivity contribution in [2.45, 2.75) is 24.8 Å². The quantitative estimate of drug-likeness (QED) is 0.653. The molecule has 6 nitrogen and oxygen atoms in total. The topological polar surface area (TPSA) is 81.2 Å². The Morgan fingerprint density at radius 3 is 2.46 bits per heavy atom. The van der Waals surface area contributed by atoms with E-state index in [9.17, 15) is 8.42 Å². The molecule has 0 aliphatic rings. The molecule has 0 saturated heterocycles. The van der Waals surface area contributed by atoms with Crippen LogP contribution in [-0.4, -0.2) is 31.2 Å².